The van der Waals surface area contributed by atoms with Crippen molar-refractivity contribution in [3.8, 4) is 0 Å². The first kappa shape index (κ1) is 11.2. The Kier molecular flexibility index (Phi) is 3.29. The van der Waals surface area contributed by atoms with E-state index in [1.165, 1.54) is 11.8 Å². The van der Waals surface area contributed by atoms with Gasteiger partial charge in [0.2, 0.25) is 11.0 Å². The molecule has 0 bridgehead atoms. The van der Waals surface area contributed by atoms with Gasteiger partial charge in [-0.25, -0.2) is 0 Å². The third kappa shape index (κ3) is 2.27. The lowest BCUT2D eigenvalue weighted by Gasteiger charge is -2.10. The molecule has 1 amide bonds. The van der Waals surface area contributed by atoms with E-state index in [0.717, 1.165) is 17.0 Å². The van der Waals surface area contributed by atoms with Crippen LogP contribution in [0.2, 0.25) is 0 Å². The number of aryl methyl sites for hydroxylation is 1. The van der Waals surface area contributed by atoms with Crippen LogP contribution in [0.15, 0.2) is 24.3 Å². The predicted molar refractivity (Wildman–Crippen MR) is 65.4 cm³/mol. The third-order valence-electron chi connectivity index (χ3n) is 2.65. The molecule has 3 nitrogen and oxygen atoms in total. The van der Waals surface area contributed by atoms with Crippen molar-refractivity contribution in [2.24, 2.45) is 5.92 Å². The molecule has 1 atom stereocenters. The van der Waals surface area contributed by atoms with Crippen LogP contribution in [0, 0.1) is 12.8 Å². The van der Waals surface area contributed by atoms with E-state index < -0.39 is 5.92 Å². The number of carbonyl (C=O) groups excluding carboxylic acids is 2. The largest absolute Gasteiger partial charge is 0.325 e. The summed E-state index contributed by atoms with van der Waals surface area (Å²) < 4.78 is 0. The summed E-state index contributed by atoms with van der Waals surface area (Å²) >= 11 is 1.25. The molecule has 0 aromatic heterocycles. The lowest BCUT2D eigenvalue weighted by atomic mass is 10.1. The van der Waals surface area contributed by atoms with Gasteiger partial charge in [0, 0.05) is 11.4 Å². The Morgan fingerprint density at radius 2 is 2.19 bits per heavy atom. The van der Waals surface area contributed by atoms with Gasteiger partial charge < -0.3 is 5.32 Å². The number of amides is 1. The van der Waals surface area contributed by atoms with Crippen LogP contribution in [0.3, 0.4) is 0 Å². The fourth-order valence-corrected chi connectivity index (χ4v) is 2.65. The van der Waals surface area contributed by atoms with E-state index in [2.05, 4.69) is 5.32 Å². The van der Waals surface area contributed by atoms with Crippen LogP contribution in [-0.4, -0.2) is 16.8 Å². The van der Waals surface area contributed by atoms with Gasteiger partial charge in [-0.1, -0.05) is 30.0 Å². The highest BCUT2D eigenvalue weighted by molar-refractivity contribution is 8.14. The Hall–Kier alpha value is -1.29. The molecule has 0 spiro atoms. The maximum absolute atomic E-state index is 11.8. The number of rotatable bonds is 2. The monoisotopic (exact) mass is 235 g/mol. The summed E-state index contributed by atoms with van der Waals surface area (Å²) in [4.78, 5) is 23.2. The lowest BCUT2D eigenvalue weighted by molar-refractivity contribution is -0.126. The molecular formula is C12H13NO2S. The zero-order valence-corrected chi connectivity index (χ0v) is 9.84. The summed E-state index contributed by atoms with van der Waals surface area (Å²) in [5, 5.41) is 2.80. The van der Waals surface area contributed by atoms with Crippen LogP contribution in [0.25, 0.3) is 0 Å². The van der Waals surface area contributed by atoms with Gasteiger partial charge in [0.1, 0.15) is 5.92 Å². The average molecular weight is 235 g/mol. The summed E-state index contributed by atoms with van der Waals surface area (Å²) in [6.07, 6.45) is 0.654. The highest BCUT2D eigenvalue weighted by Gasteiger charge is 2.31. The Labute approximate surface area is 98.6 Å². The quantitative estimate of drug-likeness (QED) is 0.799. The number of hydrogen-bond donors (Lipinski definition) is 1. The molecule has 1 aliphatic heterocycles. The van der Waals surface area contributed by atoms with E-state index in [-0.39, 0.29) is 11.0 Å². The fraction of sp³-hybridized carbons (Fsp3) is 0.333. The molecule has 1 unspecified atom stereocenters. The Bertz CT molecular complexity index is 431. The number of thioether (sulfide) groups is 1. The van der Waals surface area contributed by atoms with Gasteiger partial charge in [0.05, 0.1) is 0 Å². The van der Waals surface area contributed by atoms with Crippen molar-refractivity contribution in [3.05, 3.63) is 29.8 Å². The van der Waals surface area contributed by atoms with Crippen molar-refractivity contribution in [3.63, 3.8) is 0 Å². The van der Waals surface area contributed by atoms with Crippen molar-refractivity contribution >= 4 is 28.5 Å². The van der Waals surface area contributed by atoms with Crippen LogP contribution < -0.4 is 5.32 Å². The first-order valence-corrected chi connectivity index (χ1v) is 6.20. The smallest absolute Gasteiger partial charge is 0.235 e. The van der Waals surface area contributed by atoms with E-state index in [1.54, 1.807) is 0 Å². The van der Waals surface area contributed by atoms with Gasteiger partial charge in [-0.05, 0) is 25.0 Å². The summed E-state index contributed by atoms with van der Waals surface area (Å²) in [6.45, 7) is 1.93. The second kappa shape index (κ2) is 4.70. The van der Waals surface area contributed by atoms with E-state index >= 15 is 0 Å². The zero-order valence-electron chi connectivity index (χ0n) is 9.03. The maximum atomic E-state index is 11.8. The Morgan fingerprint density at radius 1 is 1.44 bits per heavy atom. The van der Waals surface area contributed by atoms with E-state index in [1.807, 2.05) is 31.2 Å². The van der Waals surface area contributed by atoms with Crippen LogP contribution in [0.4, 0.5) is 5.69 Å². The molecular weight excluding hydrogens is 222 g/mol. The van der Waals surface area contributed by atoms with Gasteiger partial charge in [-0.15, -0.1) is 0 Å². The second-order valence-electron chi connectivity index (χ2n) is 3.81. The standard InChI is InChI=1S/C12H13NO2S/c1-8-4-2-3-5-10(8)13-11(14)9-6-7-16-12(9)15/h2-5,9H,6-7H2,1H3,(H,13,14). The average Bonchev–Trinajstić information content (AvgIpc) is 2.68. The minimum Gasteiger partial charge on any atom is -0.325 e. The highest BCUT2D eigenvalue weighted by atomic mass is 32.2. The van der Waals surface area contributed by atoms with Crippen molar-refractivity contribution in [2.45, 2.75) is 13.3 Å². The maximum Gasteiger partial charge on any atom is 0.235 e. The van der Waals surface area contributed by atoms with Gasteiger partial charge >= 0.3 is 0 Å². The Balaban J connectivity index is 2.08. The van der Waals surface area contributed by atoms with Crippen molar-refractivity contribution in [1.82, 2.24) is 0 Å². The lowest BCUT2D eigenvalue weighted by Crippen LogP contribution is -2.25. The summed E-state index contributed by atoms with van der Waals surface area (Å²) in [5.74, 6) is 0.110. The molecule has 1 saturated heterocycles. The summed E-state index contributed by atoms with van der Waals surface area (Å²) in [6, 6.07) is 7.57. The molecule has 84 valence electrons. The number of anilines is 1. The molecule has 16 heavy (non-hydrogen) atoms. The van der Waals surface area contributed by atoms with Crippen LogP contribution in [0.5, 0.6) is 0 Å². The summed E-state index contributed by atoms with van der Waals surface area (Å²) in [5.41, 5.74) is 1.80. The SMILES string of the molecule is Cc1ccccc1NC(=O)C1CCSC1=O. The first-order chi connectivity index (χ1) is 7.68. The summed E-state index contributed by atoms with van der Waals surface area (Å²) in [7, 11) is 0. The highest BCUT2D eigenvalue weighted by Crippen LogP contribution is 2.27. The third-order valence-corrected chi connectivity index (χ3v) is 3.66. The van der Waals surface area contributed by atoms with Gasteiger partial charge in [-0.3, -0.25) is 9.59 Å². The molecule has 0 aliphatic carbocycles. The minimum absolute atomic E-state index is 0.00826. The normalized spacial score (nSPS) is 19.8. The molecule has 1 aromatic rings. The molecule has 0 saturated carbocycles. The molecule has 1 heterocycles. The van der Waals surface area contributed by atoms with Gasteiger partial charge in [0.15, 0.2) is 0 Å². The predicted octanol–water partition coefficient (Wildman–Crippen LogP) is 2.21. The van der Waals surface area contributed by atoms with E-state index in [4.69, 9.17) is 0 Å². The van der Waals surface area contributed by atoms with Crippen molar-refractivity contribution in [2.75, 3.05) is 11.1 Å². The molecule has 1 aromatic carbocycles. The van der Waals surface area contributed by atoms with Crippen LogP contribution >= 0.6 is 11.8 Å². The zero-order chi connectivity index (χ0) is 11.5. The molecule has 1 aliphatic rings. The van der Waals surface area contributed by atoms with Gasteiger partial charge in [0.25, 0.3) is 0 Å². The molecule has 2 rings (SSSR count). The molecule has 1 fully saturated rings. The first-order valence-electron chi connectivity index (χ1n) is 5.21. The topological polar surface area (TPSA) is 46.2 Å². The molecule has 0 radical (unpaired) electrons. The minimum atomic E-state index is -0.468. The number of hydrogen-bond acceptors (Lipinski definition) is 3. The number of para-hydroxylation sites is 1. The Morgan fingerprint density at radius 3 is 2.81 bits per heavy atom. The number of benzene rings is 1. The van der Waals surface area contributed by atoms with Crippen molar-refractivity contribution in [1.29, 1.82) is 0 Å². The molecule has 4 heteroatoms. The number of nitrogens with one attached hydrogen (secondary N) is 1. The van der Waals surface area contributed by atoms with E-state index in [0.29, 0.717) is 6.42 Å². The van der Waals surface area contributed by atoms with E-state index in [9.17, 15) is 9.59 Å². The van der Waals surface area contributed by atoms with Crippen LogP contribution in [0.1, 0.15) is 12.0 Å². The van der Waals surface area contributed by atoms with Gasteiger partial charge in [-0.2, -0.15) is 0 Å². The number of carbonyl (C=O) groups is 2. The molecule has 1 N–H and O–H groups in total. The fourth-order valence-electron chi connectivity index (χ4n) is 1.67. The second-order valence-corrected chi connectivity index (χ2v) is 4.91. The van der Waals surface area contributed by atoms with Crippen molar-refractivity contribution < 1.29 is 9.59 Å². The van der Waals surface area contributed by atoms with Crippen LogP contribution in [-0.2, 0) is 9.59 Å².